The number of halogens is 1. The summed E-state index contributed by atoms with van der Waals surface area (Å²) in [6, 6.07) is 0. The van der Waals surface area contributed by atoms with Crippen LogP contribution in [-0.2, 0) is 11.3 Å². The number of amides is 1. The molecule has 0 saturated carbocycles. The first-order valence-corrected chi connectivity index (χ1v) is 5.32. The predicted octanol–water partition coefficient (Wildman–Crippen LogP) is 0.934. The third kappa shape index (κ3) is 4.70. The molecule has 0 aliphatic heterocycles. The zero-order valence-electron chi connectivity index (χ0n) is 10.3. The zero-order valence-corrected chi connectivity index (χ0v) is 11.1. The van der Waals surface area contributed by atoms with Crippen molar-refractivity contribution in [1.82, 2.24) is 15.5 Å². The van der Waals surface area contributed by atoms with Gasteiger partial charge in [0.05, 0.1) is 12.1 Å². The first-order valence-electron chi connectivity index (χ1n) is 5.32. The Hall–Kier alpha value is -1.14. The van der Waals surface area contributed by atoms with Crippen molar-refractivity contribution in [1.29, 1.82) is 0 Å². The lowest BCUT2D eigenvalue weighted by atomic mass is 9.97. The molecule has 1 aromatic heterocycles. The Morgan fingerprint density at radius 3 is 2.71 bits per heavy atom. The Labute approximate surface area is 107 Å². The summed E-state index contributed by atoms with van der Waals surface area (Å²) < 4.78 is 4.87. The number of aromatic nitrogens is 2. The van der Waals surface area contributed by atoms with E-state index in [1.165, 1.54) is 0 Å². The largest absolute Gasteiger partial charge is 0.345 e. The van der Waals surface area contributed by atoms with Gasteiger partial charge in [0, 0.05) is 0 Å². The lowest BCUT2D eigenvalue weighted by Crippen LogP contribution is -2.51. The van der Waals surface area contributed by atoms with Crippen molar-refractivity contribution < 1.29 is 9.32 Å². The monoisotopic (exact) mass is 262 g/mol. The van der Waals surface area contributed by atoms with E-state index in [1.54, 1.807) is 13.8 Å². The molecule has 1 aromatic rings. The van der Waals surface area contributed by atoms with Crippen LogP contribution in [0.4, 0.5) is 0 Å². The van der Waals surface area contributed by atoms with Gasteiger partial charge in [-0.3, -0.25) is 4.79 Å². The van der Waals surface area contributed by atoms with E-state index in [2.05, 4.69) is 15.5 Å². The van der Waals surface area contributed by atoms with Gasteiger partial charge in [0.2, 0.25) is 11.8 Å². The summed E-state index contributed by atoms with van der Waals surface area (Å²) >= 11 is 0. The van der Waals surface area contributed by atoms with Crippen LogP contribution < -0.4 is 11.1 Å². The molecule has 1 rings (SSSR count). The minimum Gasteiger partial charge on any atom is -0.345 e. The Morgan fingerprint density at radius 2 is 2.24 bits per heavy atom. The van der Waals surface area contributed by atoms with Gasteiger partial charge in [-0.15, -0.1) is 12.4 Å². The molecule has 0 bridgehead atoms. The third-order valence-electron chi connectivity index (χ3n) is 2.26. The van der Waals surface area contributed by atoms with Crippen LogP contribution in [0.2, 0.25) is 0 Å². The van der Waals surface area contributed by atoms with E-state index in [-0.39, 0.29) is 24.9 Å². The summed E-state index contributed by atoms with van der Waals surface area (Å²) in [4.78, 5) is 15.7. The summed E-state index contributed by atoms with van der Waals surface area (Å²) in [5.74, 6) is 0.733. The van der Waals surface area contributed by atoms with E-state index in [1.807, 2.05) is 6.92 Å². The third-order valence-corrected chi connectivity index (χ3v) is 2.26. The molecule has 0 spiro atoms. The highest BCUT2D eigenvalue weighted by Gasteiger charge is 2.27. The second kappa shape index (κ2) is 6.56. The van der Waals surface area contributed by atoms with Gasteiger partial charge in [-0.1, -0.05) is 18.5 Å². The van der Waals surface area contributed by atoms with Gasteiger partial charge in [0.1, 0.15) is 0 Å². The van der Waals surface area contributed by atoms with Crippen molar-refractivity contribution in [2.45, 2.75) is 45.7 Å². The van der Waals surface area contributed by atoms with Crippen LogP contribution in [0.15, 0.2) is 4.52 Å². The second-order valence-electron chi connectivity index (χ2n) is 4.09. The van der Waals surface area contributed by atoms with Gasteiger partial charge in [-0.2, -0.15) is 4.98 Å². The number of hydrogen-bond donors (Lipinski definition) is 2. The van der Waals surface area contributed by atoms with Crippen LogP contribution in [0.3, 0.4) is 0 Å². The minimum absolute atomic E-state index is 0. The Morgan fingerprint density at radius 1 is 1.59 bits per heavy atom. The molecule has 6 nitrogen and oxygen atoms in total. The highest BCUT2D eigenvalue weighted by Crippen LogP contribution is 2.08. The molecule has 1 amide bonds. The van der Waals surface area contributed by atoms with Crippen LogP contribution in [0, 0.1) is 6.92 Å². The number of carbonyl (C=O) groups is 1. The highest BCUT2D eigenvalue weighted by molar-refractivity contribution is 5.85. The molecule has 98 valence electrons. The summed E-state index contributed by atoms with van der Waals surface area (Å²) in [6.07, 6.45) is 1.50. The zero-order chi connectivity index (χ0) is 12.2. The van der Waals surface area contributed by atoms with Crippen molar-refractivity contribution >= 4 is 18.3 Å². The van der Waals surface area contributed by atoms with Gasteiger partial charge < -0.3 is 15.6 Å². The fourth-order valence-corrected chi connectivity index (χ4v) is 1.40. The van der Waals surface area contributed by atoms with E-state index in [0.717, 1.165) is 6.42 Å². The van der Waals surface area contributed by atoms with Crippen LogP contribution in [0.5, 0.6) is 0 Å². The van der Waals surface area contributed by atoms with Crippen molar-refractivity contribution in [3.63, 3.8) is 0 Å². The van der Waals surface area contributed by atoms with Gasteiger partial charge in [-0.25, -0.2) is 0 Å². The molecule has 1 unspecified atom stereocenters. The van der Waals surface area contributed by atoms with E-state index in [0.29, 0.717) is 18.1 Å². The topological polar surface area (TPSA) is 94.0 Å². The minimum atomic E-state index is -0.843. The number of hydrogen-bond acceptors (Lipinski definition) is 5. The first kappa shape index (κ1) is 15.9. The van der Waals surface area contributed by atoms with Gasteiger partial charge in [0.15, 0.2) is 5.82 Å². The quantitative estimate of drug-likeness (QED) is 0.823. The summed E-state index contributed by atoms with van der Waals surface area (Å²) in [5.41, 5.74) is 5.02. The molecule has 0 aromatic carbocycles. The van der Waals surface area contributed by atoms with Gasteiger partial charge >= 0.3 is 0 Å². The molecule has 0 radical (unpaired) electrons. The Kier molecular flexibility index (Phi) is 6.12. The molecule has 0 aliphatic rings. The maximum Gasteiger partial charge on any atom is 0.246 e. The Balaban J connectivity index is 0.00000256. The highest BCUT2D eigenvalue weighted by atomic mass is 35.5. The standard InChI is InChI=1S/C10H18N4O2.ClH/c1-4-5-10(3,11)9(15)12-6-8-13-7(2)14-16-8;/h4-6,11H2,1-3H3,(H,12,15);1H. The maximum absolute atomic E-state index is 11.7. The van der Waals surface area contributed by atoms with Crippen LogP contribution in [0.1, 0.15) is 38.4 Å². The number of carbonyl (C=O) groups excluding carboxylic acids is 1. The molecule has 1 atom stereocenters. The van der Waals surface area contributed by atoms with Crippen molar-refractivity contribution in [3.8, 4) is 0 Å². The van der Waals surface area contributed by atoms with E-state index in [4.69, 9.17) is 10.3 Å². The molecule has 1 heterocycles. The SMILES string of the molecule is CCCC(C)(N)C(=O)NCc1nc(C)no1.Cl. The lowest BCUT2D eigenvalue weighted by molar-refractivity contribution is -0.126. The Bertz CT molecular complexity index is 365. The van der Waals surface area contributed by atoms with Gasteiger partial charge in [-0.05, 0) is 20.3 Å². The molecule has 0 fully saturated rings. The smallest absolute Gasteiger partial charge is 0.246 e. The van der Waals surface area contributed by atoms with Crippen LogP contribution >= 0.6 is 12.4 Å². The van der Waals surface area contributed by atoms with E-state index < -0.39 is 5.54 Å². The lowest BCUT2D eigenvalue weighted by Gasteiger charge is -2.22. The molecule has 7 heteroatoms. The van der Waals surface area contributed by atoms with Crippen molar-refractivity contribution in [2.75, 3.05) is 0 Å². The molecule has 0 saturated heterocycles. The molecular formula is C10H19ClN4O2. The number of aryl methyl sites for hydroxylation is 1. The van der Waals surface area contributed by atoms with Crippen LogP contribution in [-0.4, -0.2) is 21.6 Å². The van der Waals surface area contributed by atoms with Crippen LogP contribution in [0.25, 0.3) is 0 Å². The number of nitrogens with two attached hydrogens (primary N) is 1. The normalized spacial score (nSPS) is 13.6. The predicted molar refractivity (Wildman–Crippen MR) is 65.6 cm³/mol. The average Bonchev–Trinajstić information content (AvgIpc) is 2.60. The van der Waals surface area contributed by atoms with E-state index in [9.17, 15) is 4.79 Å². The maximum atomic E-state index is 11.7. The fourth-order valence-electron chi connectivity index (χ4n) is 1.40. The first-order chi connectivity index (χ1) is 7.45. The molecule has 0 aliphatic carbocycles. The second-order valence-corrected chi connectivity index (χ2v) is 4.09. The van der Waals surface area contributed by atoms with E-state index >= 15 is 0 Å². The molecular weight excluding hydrogens is 244 g/mol. The number of nitrogens with zero attached hydrogens (tertiary/aromatic N) is 2. The molecule has 3 N–H and O–H groups in total. The summed E-state index contributed by atoms with van der Waals surface area (Å²) in [6.45, 7) is 5.64. The fraction of sp³-hybridized carbons (Fsp3) is 0.700. The number of nitrogens with one attached hydrogen (secondary N) is 1. The van der Waals surface area contributed by atoms with Crippen molar-refractivity contribution in [3.05, 3.63) is 11.7 Å². The van der Waals surface area contributed by atoms with Crippen molar-refractivity contribution in [2.24, 2.45) is 5.73 Å². The molecule has 17 heavy (non-hydrogen) atoms. The van der Waals surface area contributed by atoms with Gasteiger partial charge in [0.25, 0.3) is 0 Å². The number of rotatable bonds is 5. The average molecular weight is 263 g/mol. The summed E-state index contributed by atoms with van der Waals surface area (Å²) in [7, 11) is 0. The summed E-state index contributed by atoms with van der Waals surface area (Å²) in [5, 5.41) is 6.30.